The standard InChI is InChI=1S/C14H21NO/c1-2-6-13(7-3-1)12-16-11-10-15-14-8-4-5-9-14/h1-3,6-7,14-15H,4-5,8-12H2. The predicted molar refractivity (Wildman–Crippen MR) is 66.4 cm³/mol. The first-order valence-corrected chi connectivity index (χ1v) is 6.30. The van der Waals surface area contributed by atoms with Gasteiger partial charge in [0.1, 0.15) is 0 Å². The summed E-state index contributed by atoms with van der Waals surface area (Å²) < 4.78 is 5.62. The number of nitrogens with one attached hydrogen (secondary N) is 1. The number of hydrogen-bond acceptors (Lipinski definition) is 2. The van der Waals surface area contributed by atoms with E-state index in [9.17, 15) is 0 Å². The highest BCUT2D eigenvalue weighted by Gasteiger charge is 2.12. The molecule has 0 amide bonds. The Hall–Kier alpha value is -0.860. The van der Waals surface area contributed by atoms with Gasteiger partial charge in [0.15, 0.2) is 0 Å². The van der Waals surface area contributed by atoms with Gasteiger partial charge in [-0.15, -0.1) is 0 Å². The third kappa shape index (κ3) is 3.95. The molecule has 88 valence electrons. The molecule has 0 spiro atoms. The van der Waals surface area contributed by atoms with Gasteiger partial charge in [0, 0.05) is 12.6 Å². The number of ether oxygens (including phenoxy) is 1. The summed E-state index contributed by atoms with van der Waals surface area (Å²) in [6.07, 6.45) is 5.47. The second-order valence-electron chi connectivity index (χ2n) is 4.47. The Morgan fingerprint density at radius 3 is 2.62 bits per heavy atom. The topological polar surface area (TPSA) is 21.3 Å². The summed E-state index contributed by atoms with van der Waals surface area (Å²) in [6.45, 7) is 2.52. The van der Waals surface area contributed by atoms with E-state index in [4.69, 9.17) is 4.74 Å². The van der Waals surface area contributed by atoms with Gasteiger partial charge in [0.2, 0.25) is 0 Å². The predicted octanol–water partition coefficient (Wildman–Crippen LogP) is 2.74. The lowest BCUT2D eigenvalue weighted by atomic mass is 10.2. The lowest BCUT2D eigenvalue weighted by Crippen LogP contribution is -2.29. The van der Waals surface area contributed by atoms with E-state index in [1.807, 2.05) is 6.07 Å². The zero-order valence-electron chi connectivity index (χ0n) is 9.82. The molecule has 2 nitrogen and oxygen atoms in total. The summed E-state index contributed by atoms with van der Waals surface area (Å²) >= 11 is 0. The van der Waals surface area contributed by atoms with Gasteiger partial charge in [-0.3, -0.25) is 0 Å². The van der Waals surface area contributed by atoms with Crippen LogP contribution in [-0.4, -0.2) is 19.2 Å². The summed E-state index contributed by atoms with van der Waals surface area (Å²) in [4.78, 5) is 0. The summed E-state index contributed by atoms with van der Waals surface area (Å²) in [7, 11) is 0. The van der Waals surface area contributed by atoms with Crippen molar-refractivity contribution in [2.45, 2.75) is 38.3 Å². The SMILES string of the molecule is c1ccc(COCCNC2CCCC2)cc1. The molecule has 1 fully saturated rings. The van der Waals surface area contributed by atoms with Crippen molar-refractivity contribution in [1.29, 1.82) is 0 Å². The monoisotopic (exact) mass is 219 g/mol. The third-order valence-electron chi connectivity index (χ3n) is 3.15. The highest BCUT2D eigenvalue weighted by molar-refractivity contribution is 5.13. The van der Waals surface area contributed by atoms with Crippen molar-refractivity contribution in [3.05, 3.63) is 35.9 Å². The first kappa shape index (κ1) is 11.6. The van der Waals surface area contributed by atoms with Crippen molar-refractivity contribution in [1.82, 2.24) is 5.32 Å². The van der Waals surface area contributed by atoms with Gasteiger partial charge in [-0.2, -0.15) is 0 Å². The first-order chi connectivity index (χ1) is 7.95. The van der Waals surface area contributed by atoms with Crippen molar-refractivity contribution in [2.24, 2.45) is 0 Å². The Balaban J connectivity index is 1.52. The van der Waals surface area contributed by atoms with E-state index in [-0.39, 0.29) is 0 Å². The fraction of sp³-hybridized carbons (Fsp3) is 0.571. The highest BCUT2D eigenvalue weighted by Crippen LogP contribution is 2.17. The maximum atomic E-state index is 5.62. The lowest BCUT2D eigenvalue weighted by molar-refractivity contribution is 0.121. The van der Waals surface area contributed by atoms with E-state index in [1.165, 1.54) is 31.2 Å². The Morgan fingerprint density at radius 2 is 1.88 bits per heavy atom. The van der Waals surface area contributed by atoms with E-state index >= 15 is 0 Å². The molecule has 0 aromatic heterocycles. The third-order valence-corrected chi connectivity index (χ3v) is 3.15. The van der Waals surface area contributed by atoms with Crippen LogP contribution in [-0.2, 0) is 11.3 Å². The Kier molecular flexibility index (Phi) is 4.84. The molecular weight excluding hydrogens is 198 g/mol. The summed E-state index contributed by atoms with van der Waals surface area (Å²) in [6, 6.07) is 11.1. The maximum absolute atomic E-state index is 5.62. The van der Waals surface area contributed by atoms with Gasteiger partial charge in [0.05, 0.1) is 13.2 Å². The molecule has 0 unspecified atom stereocenters. The van der Waals surface area contributed by atoms with Gasteiger partial charge in [-0.05, 0) is 18.4 Å². The van der Waals surface area contributed by atoms with Gasteiger partial charge in [0.25, 0.3) is 0 Å². The van der Waals surface area contributed by atoms with Crippen LogP contribution >= 0.6 is 0 Å². The van der Waals surface area contributed by atoms with E-state index in [0.717, 1.165) is 25.8 Å². The zero-order chi connectivity index (χ0) is 11.1. The quantitative estimate of drug-likeness (QED) is 0.743. The molecule has 0 aliphatic heterocycles. The van der Waals surface area contributed by atoms with Crippen molar-refractivity contribution in [2.75, 3.05) is 13.2 Å². The Morgan fingerprint density at radius 1 is 1.12 bits per heavy atom. The van der Waals surface area contributed by atoms with Crippen molar-refractivity contribution < 1.29 is 4.74 Å². The van der Waals surface area contributed by atoms with Gasteiger partial charge in [-0.25, -0.2) is 0 Å². The van der Waals surface area contributed by atoms with Gasteiger partial charge >= 0.3 is 0 Å². The van der Waals surface area contributed by atoms with Crippen LogP contribution in [0.15, 0.2) is 30.3 Å². The summed E-state index contributed by atoms with van der Waals surface area (Å²) in [5.41, 5.74) is 1.25. The fourth-order valence-electron chi connectivity index (χ4n) is 2.23. The molecule has 16 heavy (non-hydrogen) atoms. The largest absolute Gasteiger partial charge is 0.375 e. The molecule has 2 rings (SSSR count). The average Bonchev–Trinajstić information content (AvgIpc) is 2.83. The molecule has 1 aromatic rings. The molecule has 0 heterocycles. The molecule has 1 saturated carbocycles. The van der Waals surface area contributed by atoms with Crippen LogP contribution in [0.3, 0.4) is 0 Å². The van der Waals surface area contributed by atoms with E-state index < -0.39 is 0 Å². The zero-order valence-corrected chi connectivity index (χ0v) is 9.82. The summed E-state index contributed by atoms with van der Waals surface area (Å²) in [5.74, 6) is 0. The van der Waals surface area contributed by atoms with Crippen LogP contribution in [0.1, 0.15) is 31.2 Å². The van der Waals surface area contributed by atoms with Crippen LogP contribution < -0.4 is 5.32 Å². The van der Waals surface area contributed by atoms with Crippen molar-refractivity contribution in [3.8, 4) is 0 Å². The minimum atomic E-state index is 0.729. The first-order valence-electron chi connectivity index (χ1n) is 6.30. The van der Waals surface area contributed by atoms with Crippen molar-refractivity contribution in [3.63, 3.8) is 0 Å². The average molecular weight is 219 g/mol. The molecule has 0 radical (unpaired) electrons. The van der Waals surface area contributed by atoms with Crippen LogP contribution in [0.25, 0.3) is 0 Å². The van der Waals surface area contributed by atoms with Gasteiger partial charge < -0.3 is 10.1 Å². The smallest absolute Gasteiger partial charge is 0.0717 e. The lowest BCUT2D eigenvalue weighted by Gasteiger charge is -2.11. The molecule has 0 bridgehead atoms. The van der Waals surface area contributed by atoms with E-state index in [0.29, 0.717) is 0 Å². The normalized spacial score (nSPS) is 16.8. The molecule has 1 N–H and O–H groups in total. The molecule has 1 aliphatic rings. The molecule has 0 atom stereocenters. The molecular formula is C14H21NO. The highest BCUT2D eigenvalue weighted by atomic mass is 16.5. The van der Waals surface area contributed by atoms with Crippen LogP contribution in [0.2, 0.25) is 0 Å². The molecule has 1 aliphatic carbocycles. The minimum absolute atomic E-state index is 0.729. The van der Waals surface area contributed by atoms with Crippen LogP contribution in [0, 0.1) is 0 Å². The molecule has 1 aromatic carbocycles. The van der Waals surface area contributed by atoms with Crippen LogP contribution in [0.5, 0.6) is 0 Å². The minimum Gasteiger partial charge on any atom is -0.375 e. The van der Waals surface area contributed by atoms with E-state index in [1.54, 1.807) is 0 Å². The Labute approximate surface area is 98.0 Å². The van der Waals surface area contributed by atoms with E-state index in [2.05, 4.69) is 29.6 Å². The van der Waals surface area contributed by atoms with Crippen LogP contribution in [0.4, 0.5) is 0 Å². The summed E-state index contributed by atoms with van der Waals surface area (Å²) in [5, 5.41) is 3.54. The molecule has 0 saturated heterocycles. The number of rotatable bonds is 6. The second kappa shape index (κ2) is 6.66. The number of benzene rings is 1. The maximum Gasteiger partial charge on any atom is 0.0717 e. The number of hydrogen-bond donors (Lipinski definition) is 1. The van der Waals surface area contributed by atoms with Gasteiger partial charge in [-0.1, -0.05) is 43.2 Å². The molecule has 2 heteroatoms. The fourth-order valence-corrected chi connectivity index (χ4v) is 2.23. The Bertz CT molecular complexity index is 280. The van der Waals surface area contributed by atoms with Crippen molar-refractivity contribution >= 4 is 0 Å². The second-order valence-corrected chi connectivity index (χ2v) is 4.47.